The van der Waals surface area contributed by atoms with Crippen LogP contribution in [-0.4, -0.2) is 11.9 Å². The number of amides is 1. The highest BCUT2D eigenvalue weighted by molar-refractivity contribution is 7.08. The maximum atomic E-state index is 13.0. The molecular weight excluding hydrogens is 353 g/mol. The van der Waals surface area contributed by atoms with Gasteiger partial charge < -0.3 is 10.1 Å². The van der Waals surface area contributed by atoms with Crippen molar-refractivity contribution >= 4 is 28.9 Å². The maximum absolute atomic E-state index is 13.0. The highest BCUT2D eigenvalue weighted by atomic mass is 32.1. The fourth-order valence-corrected chi connectivity index (χ4v) is 3.04. The maximum Gasteiger partial charge on any atom is 0.311 e. The summed E-state index contributed by atoms with van der Waals surface area (Å²) in [5.41, 5.74) is 1.82. The van der Waals surface area contributed by atoms with Crippen LogP contribution in [0.4, 0.5) is 10.1 Å². The molecular formula is C20H16FNO3S. The van der Waals surface area contributed by atoms with Gasteiger partial charge in [0.25, 0.3) is 5.91 Å². The first kappa shape index (κ1) is 17.8. The molecule has 0 spiro atoms. The van der Waals surface area contributed by atoms with Crippen LogP contribution in [0.2, 0.25) is 0 Å². The Kier molecular flexibility index (Phi) is 5.76. The third-order valence-electron chi connectivity index (χ3n) is 3.63. The Morgan fingerprint density at radius 3 is 2.42 bits per heavy atom. The van der Waals surface area contributed by atoms with Crippen molar-refractivity contribution in [3.05, 3.63) is 88.4 Å². The molecule has 0 aliphatic heterocycles. The molecule has 6 heteroatoms. The number of hydrogen-bond donors (Lipinski definition) is 1. The van der Waals surface area contributed by atoms with E-state index in [1.807, 2.05) is 22.9 Å². The molecule has 0 saturated carbocycles. The van der Waals surface area contributed by atoms with E-state index in [0.717, 1.165) is 5.56 Å². The Labute approximate surface area is 154 Å². The molecule has 1 amide bonds. The molecule has 0 radical (unpaired) electrons. The van der Waals surface area contributed by atoms with Gasteiger partial charge in [-0.05, 0) is 46.7 Å². The van der Waals surface area contributed by atoms with Crippen molar-refractivity contribution in [2.75, 3.05) is 5.32 Å². The van der Waals surface area contributed by atoms with Crippen LogP contribution in [0.1, 0.15) is 17.2 Å². The number of thiophene rings is 1. The number of hydrogen-bond acceptors (Lipinski definition) is 4. The van der Waals surface area contributed by atoms with Gasteiger partial charge in [0.2, 0.25) is 6.10 Å². The summed E-state index contributed by atoms with van der Waals surface area (Å²) in [7, 11) is 0. The zero-order valence-corrected chi connectivity index (χ0v) is 14.5. The molecule has 3 aromatic rings. The number of nitrogens with one attached hydrogen (secondary N) is 1. The standard InChI is InChI=1S/C20H16FNO3S/c21-16-6-8-17(9-7-16)22-20(24)19(15-4-2-1-3-5-15)25-18(23)12-14-10-11-26-13-14/h1-11,13,19H,12H2,(H,22,24)/t19-/m1/s1. The predicted molar refractivity (Wildman–Crippen MR) is 98.3 cm³/mol. The molecule has 0 saturated heterocycles. The molecule has 1 aromatic heterocycles. The van der Waals surface area contributed by atoms with Gasteiger partial charge in [-0.25, -0.2) is 4.39 Å². The van der Waals surface area contributed by atoms with Gasteiger partial charge in [0.1, 0.15) is 5.82 Å². The van der Waals surface area contributed by atoms with E-state index < -0.39 is 23.8 Å². The second-order valence-corrected chi connectivity index (χ2v) is 6.37. The lowest BCUT2D eigenvalue weighted by molar-refractivity contribution is -0.154. The van der Waals surface area contributed by atoms with Crippen molar-refractivity contribution in [2.45, 2.75) is 12.5 Å². The van der Waals surface area contributed by atoms with Gasteiger partial charge in [-0.1, -0.05) is 30.3 Å². The highest BCUT2D eigenvalue weighted by Gasteiger charge is 2.25. The predicted octanol–water partition coefficient (Wildman–Crippen LogP) is 4.35. The average molecular weight is 369 g/mol. The number of anilines is 1. The Morgan fingerprint density at radius 2 is 1.77 bits per heavy atom. The summed E-state index contributed by atoms with van der Waals surface area (Å²) in [6.07, 6.45) is -0.996. The van der Waals surface area contributed by atoms with Crippen LogP contribution in [0.15, 0.2) is 71.4 Å². The number of carbonyl (C=O) groups excluding carboxylic acids is 2. The Balaban J connectivity index is 1.75. The molecule has 0 fully saturated rings. The van der Waals surface area contributed by atoms with Crippen LogP contribution >= 0.6 is 11.3 Å². The molecule has 1 N–H and O–H groups in total. The number of rotatable bonds is 6. The molecule has 1 atom stereocenters. The van der Waals surface area contributed by atoms with Gasteiger partial charge >= 0.3 is 5.97 Å². The second-order valence-electron chi connectivity index (χ2n) is 5.59. The van der Waals surface area contributed by atoms with E-state index in [0.29, 0.717) is 11.3 Å². The van der Waals surface area contributed by atoms with Gasteiger partial charge in [-0.3, -0.25) is 9.59 Å². The van der Waals surface area contributed by atoms with E-state index in [9.17, 15) is 14.0 Å². The van der Waals surface area contributed by atoms with Crippen LogP contribution in [0.25, 0.3) is 0 Å². The Bertz CT molecular complexity index is 864. The minimum Gasteiger partial charge on any atom is -0.447 e. The van der Waals surface area contributed by atoms with Crippen LogP contribution in [0, 0.1) is 5.82 Å². The van der Waals surface area contributed by atoms with E-state index >= 15 is 0 Å². The van der Waals surface area contributed by atoms with Crippen molar-refractivity contribution in [3.63, 3.8) is 0 Å². The van der Waals surface area contributed by atoms with E-state index in [1.54, 1.807) is 24.3 Å². The van der Waals surface area contributed by atoms with E-state index in [1.165, 1.54) is 35.6 Å². The number of esters is 1. The number of ether oxygens (including phenoxy) is 1. The monoisotopic (exact) mass is 369 g/mol. The zero-order chi connectivity index (χ0) is 18.4. The lowest BCUT2D eigenvalue weighted by Crippen LogP contribution is -2.26. The van der Waals surface area contributed by atoms with Crippen molar-refractivity contribution in [1.29, 1.82) is 0 Å². The third kappa shape index (κ3) is 4.77. The molecule has 0 aliphatic carbocycles. The zero-order valence-electron chi connectivity index (χ0n) is 13.7. The van der Waals surface area contributed by atoms with Crippen molar-refractivity contribution < 1.29 is 18.7 Å². The number of benzene rings is 2. The largest absolute Gasteiger partial charge is 0.447 e. The fraction of sp³-hybridized carbons (Fsp3) is 0.100. The fourth-order valence-electron chi connectivity index (χ4n) is 2.37. The van der Waals surface area contributed by atoms with E-state index in [-0.39, 0.29) is 6.42 Å². The van der Waals surface area contributed by atoms with Gasteiger partial charge in [0.15, 0.2) is 0 Å². The third-order valence-corrected chi connectivity index (χ3v) is 4.36. The molecule has 0 bridgehead atoms. The summed E-state index contributed by atoms with van der Waals surface area (Å²) < 4.78 is 18.5. The molecule has 3 rings (SSSR count). The molecule has 1 heterocycles. The van der Waals surface area contributed by atoms with Gasteiger partial charge in [-0.2, -0.15) is 11.3 Å². The van der Waals surface area contributed by atoms with Crippen LogP contribution < -0.4 is 5.32 Å². The van der Waals surface area contributed by atoms with Gasteiger partial charge in [-0.15, -0.1) is 0 Å². The summed E-state index contributed by atoms with van der Waals surface area (Å²) in [5, 5.41) is 6.38. The molecule has 132 valence electrons. The van der Waals surface area contributed by atoms with Gasteiger partial charge in [0.05, 0.1) is 6.42 Å². The Morgan fingerprint density at radius 1 is 1.04 bits per heavy atom. The van der Waals surface area contributed by atoms with Crippen molar-refractivity contribution in [3.8, 4) is 0 Å². The number of carbonyl (C=O) groups is 2. The van der Waals surface area contributed by atoms with Crippen LogP contribution in [-0.2, 0) is 20.7 Å². The number of halogens is 1. The normalized spacial score (nSPS) is 11.6. The quantitative estimate of drug-likeness (QED) is 0.657. The lowest BCUT2D eigenvalue weighted by atomic mass is 10.1. The topological polar surface area (TPSA) is 55.4 Å². The molecule has 2 aromatic carbocycles. The van der Waals surface area contributed by atoms with Gasteiger partial charge in [0, 0.05) is 11.3 Å². The summed E-state index contributed by atoms with van der Waals surface area (Å²) in [6, 6.07) is 16.0. The molecule has 0 aliphatic rings. The van der Waals surface area contributed by atoms with E-state index in [4.69, 9.17) is 4.74 Å². The van der Waals surface area contributed by atoms with Crippen LogP contribution in [0.3, 0.4) is 0 Å². The first-order valence-electron chi connectivity index (χ1n) is 7.94. The minimum atomic E-state index is -1.09. The first-order valence-corrected chi connectivity index (χ1v) is 8.88. The van der Waals surface area contributed by atoms with Crippen molar-refractivity contribution in [1.82, 2.24) is 0 Å². The molecule has 0 unspecified atom stereocenters. The lowest BCUT2D eigenvalue weighted by Gasteiger charge is -2.18. The minimum absolute atomic E-state index is 0.0939. The second kappa shape index (κ2) is 8.40. The first-order chi connectivity index (χ1) is 12.6. The van der Waals surface area contributed by atoms with Crippen LogP contribution in [0.5, 0.6) is 0 Å². The summed E-state index contributed by atoms with van der Waals surface area (Å²) >= 11 is 1.49. The Hall–Kier alpha value is -2.99. The summed E-state index contributed by atoms with van der Waals surface area (Å²) in [5.74, 6) is -1.39. The smallest absolute Gasteiger partial charge is 0.311 e. The molecule has 26 heavy (non-hydrogen) atoms. The summed E-state index contributed by atoms with van der Waals surface area (Å²) in [6.45, 7) is 0. The highest BCUT2D eigenvalue weighted by Crippen LogP contribution is 2.21. The summed E-state index contributed by atoms with van der Waals surface area (Å²) in [4.78, 5) is 24.9. The van der Waals surface area contributed by atoms with E-state index in [2.05, 4.69) is 5.32 Å². The average Bonchev–Trinajstić information content (AvgIpc) is 3.15. The van der Waals surface area contributed by atoms with Crippen molar-refractivity contribution in [2.24, 2.45) is 0 Å². The SMILES string of the molecule is O=C(Cc1ccsc1)O[C@@H](C(=O)Nc1ccc(F)cc1)c1ccccc1. The molecule has 4 nitrogen and oxygen atoms in total.